The molecule has 1 aromatic rings. The molecule has 0 aliphatic carbocycles. The molecule has 0 bridgehead atoms. The zero-order valence-corrected chi connectivity index (χ0v) is 12.3. The summed E-state index contributed by atoms with van der Waals surface area (Å²) in [6, 6.07) is 0.747. The van der Waals surface area contributed by atoms with Crippen molar-refractivity contribution in [3.05, 3.63) is 22.7 Å². The molecule has 0 spiro atoms. The SMILES string of the molecule is CC[C@@H](COC)N[C@@H]1CCCN(c2ncc[nH]c2=O)C1. The Kier molecular flexibility index (Phi) is 5.55. The van der Waals surface area contributed by atoms with Crippen molar-refractivity contribution in [2.45, 2.75) is 38.3 Å². The van der Waals surface area contributed by atoms with Crippen LogP contribution >= 0.6 is 0 Å². The van der Waals surface area contributed by atoms with Crippen molar-refractivity contribution < 1.29 is 4.74 Å². The summed E-state index contributed by atoms with van der Waals surface area (Å²) in [7, 11) is 1.73. The van der Waals surface area contributed by atoms with Gasteiger partial charge < -0.3 is 19.9 Å². The molecule has 1 aromatic heterocycles. The Morgan fingerprint density at radius 3 is 3.20 bits per heavy atom. The normalized spacial score (nSPS) is 20.9. The van der Waals surface area contributed by atoms with E-state index in [9.17, 15) is 4.79 Å². The van der Waals surface area contributed by atoms with Gasteiger partial charge in [0.1, 0.15) is 0 Å². The molecular formula is C14H24N4O2. The third kappa shape index (κ3) is 3.80. The Labute approximate surface area is 119 Å². The van der Waals surface area contributed by atoms with Gasteiger partial charge in [0.15, 0.2) is 5.82 Å². The van der Waals surface area contributed by atoms with Gasteiger partial charge in [-0.1, -0.05) is 6.92 Å². The smallest absolute Gasteiger partial charge is 0.290 e. The minimum atomic E-state index is -0.114. The zero-order valence-electron chi connectivity index (χ0n) is 12.3. The summed E-state index contributed by atoms with van der Waals surface area (Å²) < 4.78 is 5.22. The summed E-state index contributed by atoms with van der Waals surface area (Å²) in [5.41, 5.74) is -0.114. The summed E-state index contributed by atoms with van der Waals surface area (Å²) in [4.78, 5) is 20.8. The van der Waals surface area contributed by atoms with Crippen LogP contribution in [0.3, 0.4) is 0 Å². The number of nitrogens with one attached hydrogen (secondary N) is 2. The number of rotatable bonds is 6. The molecular weight excluding hydrogens is 256 g/mol. The molecule has 112 valence electrons. The number of anilines is 1. The summed E-state index contributed by atoms with van der Waals surface area (Å²) >= 11 is 0. The number of ether oxygens (including phenoxy) is 1. The maximum absolute atomic E-state index is 11.8. The van der Waals surface area contributed by atoms with E-state index in [-0.39, 0.29) is 5.56 Å². The fourth-order valence-corrected chi connectivity index (χ4v) is 2.69. The van der Waals surface area contributed by atoms with Crippen LogP contribution in [-0.4, -0.2) is 48.9 Å². The van der Waals surface area contributed by atoms with Gasteiger partial charge in [0, 0.05) is 44.7 Å². The van der Waals surface area contributed by atoms with E-state index < -0.39 is 0 Å². The Balaban J connectivity index is 1.98. The topological polar surface area (TPSA) is 70.2 Å². The minimum absolute atomic E-state index is 0.114. The second-order valence-corrected chi connectivity index (χ2v) is 5.25. The van der Waals surface area contributed by atoms with Crippen LogP contribution in [0.1, 0.15) is 26.2 Å². The predicted molar refractivity (Wildman–Crippen MR) is 79.2 cm³/mol. The first-order valence-corrected chi connectivity index (χ1v) is 7.28. The van der Waals surface area contributed by atoms with E-state index >= 15 is 0 Å². The molecule has 1 saturated heterocycles. The number of aromatic nitrogens is 2. The molecule has 0 amide bonds. The number of methoxy groups -OCH3 is 1. The van der Waals surface area contributed by atoms with Crippen LogP contribution in [0.15, 0.2) is 17.2 Å². The average Bonchev–Trinajstić information content (AvgIpc) is 2.47. The lowest BCUT2D eigenvalue weighted by Crippen LogP contribution is -2.51. The molecule has 6 heteroatoms. The summed E-state index contributed by atoms with van der Waals surface area (Å²) in [5.74, 6) is 0.527. The number of hydrogen-bond donors (Lipinski definition) is 2. The van der Waals surface area contributed by atoms with Gasteiger partial charge in [0.25, 0.3) is 5.56 Å². The van der Waals surface area contributed by atoms with Gasteiger partial charge >= 0.3 is 0 Å². The largest absolute Gasteiger partial charge is 0.383 e. The first-order chi connectivity index (χ1) is 9.74. The van der Waals surface area contributed by atoms with Gasteiger partial charge in [-0.05, 0) is 19.3 Å². The zero-order chi connectivity index (χ0) is 14.4. The first-order valence-electron chi connectivity index (χ1n) is 7.28. The molecule has 0 radical (unpaired) electrons. The van der Waals surface area contributed by atoms with Crippen molar-refractivity contribution in [3.63, 3.8) is 0 Å². The van der Waals surface area contributed by atoms with Crippen LogP contribution in [-0.2, 0) is 4.74 Å². The van der Waals surface area contributed by atoms with Gasteiger partial charge in [0.05, 0.1) is 6.61 Å². The van der Waals surface area contributed by atoms with Crippen LogP contribution in [0.5, 0.6) is 0 Å². The lowest BCUT2D eigenvalue weighted by atomic mass is 10.0. The maximum atomic E-state index is 11.8. The highest BCUT2D eigenvalue weighted by Gasteiger charge is 2.24. The number of aromatic amines is 1. The molecule has 0 aromatic carbocycles. The van der Waals surface area contributed by atoms with E-state index in [1.54, 1.807) is 19.5 Å². The van der Waals surface area contributed by atoms with Crippen molar-refractivity contribution in [2.75, 3.05) is 31.7 Å². The second-order valence-electron chi connectivity index (χ2n) is 5.25. The van der Waals surface area contributed by atoms with Crippen molar-refractivity contribution in [1.29, 1.82) is 0 Å². The van der Waals surface area contributed by atoms with Crippen LogP contribution in [0.2, 0.25) is 0 Å². The predicted octanol–water partition coefficient (Wildman–Crippen LogP) is 0.753. The molecule has 1 aliphatic heterocycles. The van der Waals surface area contributed by atoms with Gasteiger partial charge in [-0.2, -0.15) is 0 Å². The van der Waals surface area contributed by atoms with E-state index in [4.69, 9.17) is 4.74 Å². The highest BCUT2D eigenvalue weighted by atomic mass is 16.5. The average molecular weight is 280 g/mol. The lowest BCUT2D eigenvalue weighted by molar-refractivity contribution is 0.156. The Morgan fingerprint density at radius 2 is 2.50 bits per heavy atom. The Morgan fingerprint density at radius 1 is 1.65 bits per heavy atom. The number of nitrogens with zero attached hydrogens (tertiary/aromatic N) is 2. The molecule has 0 unspecified atom stereocenters. The fourth-order valence-electron chi connectivity index (χ4n) is 2.69. The standard InChI is InChI=1S/C14H24N4O2/c1-3-11(10-20-2)17-12-5-4-8-18(9-12)13-14(19)16-7-6-15-13/h6-7,11-12,17H,3-5,8-10H2,1-2H3,(H,16,19)/t11-,12+/m0/s1. The minimum Gasteiger partial charge on any atom is -0.383 e. The quantitative estimate of drug-likeness (QED) is 0.805. The molecule has 1 fully saturated rings. The third-order valence-electron chi connectivity index (χ3n) is 3.74. The molecule has 1 aliphatic rings. The van der Waals surface area contributed by atoms with Gasteiger partial charge in [-0.25, -0.2) is 4.98 Å². The summed E-state index contributed by atoms with van der Waals surface area (Å²) in [6.45, 7) is 4.58. The molecule has 2 heterocycles. The molecule has 2 rings (SSSR count). The summed E-state index contributed by atoms with van der Waals surface area (Å²) in [6.07, 6.45) is 6.43. The van der Waals surface area contributed by atoms with E-state index in [1.807, 2.05) is 0 Å². The highest BCUT2D eigenvalue weighted by molar-refractivity contribution is 5.36. The molecule has 6 nitrogen and oxygen atoms in total. The highest BCUT2D eigenvalue weighted by Crippen LogP contribution is 2.15. The van der Waals surface area contributed by atoms with Crippen molar-refractivity contribution in [2.24, 2.45) is 0 Å². The van der Waals surface area contributed by atoms with Crippen LogP contribution in [0.4, 0.5) is 5.82 Å². The maximum Gasteiger partial charge on any atom is 0.290 e. The molecule has 20 heavy (non-hydrogen) atoms. The molecule has 2 N–H and O–H groups in total. The third-order valence-corrected chi connectivity index (χ3v) is 3.74. The Hall–Kier alpha value is -1.40. The van der Waals surface area contributed by atoms with Crippen LogP contribution in [0.25, 0.3) is 0 Å². The lowest BCUT2D eigenvalue weighted by Gasteiger charge is -2.35. The van der Waals surface area contributed by atoms with Gasteiger partial charge in [-0.15, -0.1) is 0 Å². The number of hydrogen-bond acceptors (Lipinski definition) is 5. The number of H-pyrrole nitrogens is 1. The van der Waals surface area contributed by atoms with Crippen molar-refractivity contribution >= 4 is 5.82 Å². The monoisotopic (exact) mass is 280 g/mol. The van der Waals surface area contributed by atoms with Gasteiger partial charge in [-0.3, -0.25) is 4.79 Å². The first kappa shape index (κ1) is 15.0. The summed E-state index contributed by atoms with van der Waals surface area (Å²) in [5, 5.41) is 3.62. The van der Waals surface area contributed by atoms with E-state index in [0.717, 1.165) is 39.0 Å². The number of piperidine rings is 1. The van der Waals surface area contributed by atoms with Crippen molar-refractivity contribution in [1.82, 2.24) is 15.3 Å². The van der Waals surface area contributed by atoms with E-state index in [1.165, 1.54) is 0 Å². The second kappa shape index (κ2) is 7.40. The van der Waals surface area contributed by atoms with E-state index in [0.29, 0.717) is 17.9 Å². The Bertz CT molecular complexity index is 462. The van der Waals surface area contributed by atoms with Gasteiger partial charge in [0.2, 0.25) is 0 Å². The fraction of sp³-hybridized carbons (Fsp3) is 0.714. The van der Waals surface area contributed by atoms with Crippen molar-refractivity contribution in [3.8, 4) is 0 Å². The molecule has 2 atom stereocenters. The van der Waals surface area contributed by atoms with E-state index in [2.05, 4.69) is 27.1 Å². The van der Waals surface area contributed by atoms with Crippen LogP contribution < -0.4 is 15.8 Å². The van der Waals surface area contributed by atoms with Crippen LogP contribution in [0, 0.1) is 0 Å². The molecule has 0 saturated carbocycles.